The van der Waals surface area contributed by atoms with Crippen molar-refractivity contribution in [3.63, 3.8) is 0 Å². The van der Waals surface area contributed by atoms with Crippen LogP contribution in [0, 0.1) is 0 Å². The molecule has 0 aromatic carbocycles. The first-order valence-electron chi connectivity index (χ1n) is 5.16. The summed E-state index contributed by atoms with van der Waals surface area (Å²) in [6.45, 7) is 5.58. The van der Waals surface area contributed by atoms with Gasteiger partial charge >= 0.3 is 0 Å². The van der Waals surface area contributed by atoms with Crippen molar-refractivity contribution in [2.24, 2.45) is 0 Å². The lowest BCUT2D eigenvalue weighted by atomic mass is 10.1. The number of carbonyl (C=O) groups is 1. The fourth-order valence-corrected chi connectivity index (χ4v) is 2.06. The lowest BCUT2D eigenvalue weighted by molar-refractivity contribution is 0.0917. The van der Waals surface area contributed by atoms with E-state index in [1.54, 1.807) is 11.6 Å². The number of amides is 1. The van der Waals surface area contributed by atoms with Crippen molar-refractivity contribution in [3.05, 3.63) is 33.7 Å². The van der Waals surface area contributed by atoms with Gasteiger partial charge in [-0.15, -0.1) is 11.3 Å². The van der Waals surface area contributed by atoms with E-state index in [-0.39, 0.29) is 16.7 Å². The van der Waals surface area contributed by atoms with Gasteiger partial charge in [0.25, 0.3) is 11.5 Å². The standard InChI is InChI=1S/C11H13N3O2S/c1-11(2,3)13-8(15)7-6-12-10-14(9(7)16)4-5-17-10/h4-6H,1-3H3,(H,13,15). The minimum absolute atomic E-state index is 0.0656. The molecule has 90 valence electrons. The molecule has 0 saturated carbocycles. The maximum Gasteiger partial charge on any atom is 0.271 e. The van der Waals surface area contributed by atoms with E-state index >= 15 is 0 Å². The van der Waals surface area contributed by atoms with E-state index in [4.69, 9.17) is 0 Å². The molecule has 17 heavy (non-hydrogen) atoms. The Hall–Kier alpha value is -1.69. The Morgan fingerprint density at radius 3 is 2.82 bits per heavy atom. The van der Waals surface area contributed by atoms with Gasteiger partial charge in [0.15, 0.2) is 4.96 Å². The fraction of sp³-hybridized carbons (Fsp3) is 0.364. The first kappa shape index (κ1) is 11.8. The van der Waals surface area contributed by atoms with Gasteiger partial charge < -0.3 is 5.32 Å². The molecule has 0 radical (unpaired) electrons. The van der Waals surface area contributed by atoms with Crippen LogP contribution in [-0.2, 0) is 0 Å². The van der Waals surface area contributed by atoms with Crippen LogP contribution in [-0.4, -0.2) is 20.8 Å². The van der Waals surface area contributed by atoms with Crippen molar-refractivity contribution >= 4 is 22.2 Å². The molecule has 0 bridgehead atoms. The Morgan fingerprint density at radius 1 is 1.47 bits per heavy atom. The van der Waals surface area contributed by atoms with Crippen molar-refractivity contribution in [1.29, 1.82) is 0 Å². The molecule has 5 nitrogen and oxygen atoms in total. The molecule has 2 rings (SSSR count). The van der Waals surface area contributed by atoms with Gasteiger partial charge in [-0.05, 0) is 20.8 Å². The van der Waals surface area contributed by atoms with Crippen LogP contribution in [0.15, 0.2) is 22.6 Å². The van der Waals surface area contributed by atoms with Gasteiger partial charge in [-0.25, -0.2) is 4.98 Å². The summed E-state index contributed by atoms with van der Waals surface area (Å²) in [6.07, 6.45) is 2.94. The highest BCUT2D eigenvalue weighted by Crippen LogP contribution is 2.06. The van der Waals surface area contributed by atoms with Gasteiger partial charge in [-0.3, -0.25) is 14.0 Å². The smallest absolute Gasteiger partial charge is 0.271 e. The maximum absolute atomic E-state index is 12.0. The molecule has 0 saturated heterocycles. The van der Waals surface area contributed by atoms with E-state index in [9.17, 15) is 9.59 Å². The van der Waals surface area contributed by atoms with E-state index in [2.05, 4.69) is 10.3 Å². The minimum Gasteiger partial charge on any atom is -0.347 e. The summed E-state index contributed by atoms with van der Waals surface area (Å²) < 4.78 is 1.38. The van der Waals surface area contributed by atoms with Gasteiger partial charge in [-0.2, -0.15) is 0 Å². The number of aromatic nitrogens is 2. The first-order valence-corrected chi connectivity index (χ1v) is 6.04. The number of thiazole rings is 1. The average Bonchev–Trinajstić information content (AvgIpc) is 2.63. The molecule has 1 amide bonds. The average molecular weight is 251 g/mol. The number of hydrogen-bond acceptors (Lipinski definition) is 4. The maximum atomic E-state index is 12.0. The van der Waals surface area contributed by atoms with Gasteiger partial charge in [0.2, 0.25) is 0 Å². The van der Waals surface area contributed by atoms with Crippen molar-refractivity contribution in [2.75, 3.05) is 0 Å². The molecule has 2 aromatic rings. The van der Waals surface area contributed by atoms with E-state index in [1.165, 1.54) is 21.9 Å². The number of nitrogens with one attached hydrogen (secondary N) is 1. The molecule has 0 unspecified atom stereocenters. The largest absolute Gasteiger partial charge is 0.347 e. The van der Waals surface area contributed by atoms with Crippen LogP contribution in [0.3, 0.4) is 0 Å². The molecule has 0 aliphatic carbocycles. The number of rotatable bonds is 1. The van der Waals surface area contributed by atoms with E-state index in [0.29, 0.717) is 4.96 Å². The molecular formula is C11H13N3O2S. The molecule has 2 heterocycles. The highest BCUT2D eigenvalue weighted by atomic mass is 32.1. The Morgan fingerprint density at radius 2 is 2.18 bits per heavy atom. The number of hydrogen-bond donors (Lipinski definition) is 1. The van der Waals surface area contributed by atoms with E-state index in [1.807, 2.05) is 20.8 Å². The predicted molar refractivity (Wildman–Crippen MR) is 66.6 cm³/mol. The van der Waals surface area contributed by atoms with Crippen LogP contribution >= 0.6 is 11.3 Å². The zero-order valence-corrected chi connectivity index (χ0v) is 10.7. The van der Waals surface area contributed by atoms with Crippen LogP contribution in [0.25, 0.3) is 4.96 Å². The Bertz CT molecular complexity index is 621. The number of nitrogens with zero attached hydrogens (tertiary/aromatic N) is 2. The fourth-order valence-electron chi connectivity index (χ4n) is 1.39. The van der Waals surface area contributed by atoms with Crippen LogP contribution in [0.1, 0.15) is 31.1 Å². The Balaban J connectivity index is 2.46. The third-order valence-electron chi connectivity index (χ3n) is 2.08. The lowest BCUT2D eigenvalue weighted by Gasteiger charge is -2.19. The normalized spacial score (nSPS) is 11.7. The molecule has 0 atom stereocenters. The van der Waals surface area contributed by atoms with Crippen molar-refractivity contribution in [3.8, 4) is 0 Å². The summed E-state index contributed by atoms with van der Waals surface area (Å²) >= 11 is 1.36. The second-order valence-electron chi connectivity index (χ2n) is 4.74. The number of fused-ring (bicyclic) bond motifs is 1. The Labute approximate surface area is 102 Å². The highest BCUT2D eigenvalue weighted by Gasteiger charge is 2.19. The summed E-state index contributed by atoms with van der Waals surface area (Å²) in [5.41, 5.74) is -0.647. The summed E-state index contributed by atoms with van der Waals surface area (Å²) in [6, 6.07) is 0. The molecule has 1 N–H and O–H groups in total. The Kier molecular flexibility index (Phi) is 2.74. The molecule has 0 aliphatic heterocycles. The second kappa shape index (κ2) is 3.96. The molecule has 6 heteroatoms. The molecule has 2 aromatic heterocycles. The molecular weight excluding hydrogens is 238 g/mol. The lowest BCUT2D eigenvalue weighted by Crippen LogP contribution is -2.43. The predicted octanol–water partition coefficient (Wildman–Crippen LogP) is 1.28. The van der Waals surface area contributed by atoms with Crippen molar-refractivity contribution in [2.45, 2.75) is 26.3 Å². The topological polar surface area (TPSA) is 63.5 Å². The molecule has 0 spiro atoms. The van der Waals surface area contributed by atoms with Gasteiger partial charge in [0.05, 0.1) is 0 Å². The SMILES string of the molecule is CC(C)(C)NC(=O)c1cnc2sccn2c1=O. The first-order chi connectivity index (χ1) is 7.88. The van der Waals surface area contributed by atoms with Crippen molar-refractivity contribution in [1.82, 2.24) is 14.7 Å². The van der Waals surface area contributed by atoms with Crippen molar-refractivity contribution < 1.29 is 4.79 Å². The van der Waals surface area contributed by atoms with Crippen LogP contribution in [0.4, 0.5) is 0 Å². The van der Waals surface area contributed by atoms with E-state index in [0.717, 1.165) is 0 Å². The van der Waals surface area contributed by atoms with Gasteiger partial charge in [0, 0.05) is 23.3 Å². The summed E-state index contributed by atoms with van der Waals surface area (Å²) in [4.78, 5) is 28.5. The summed E-state index contributed by atoms with van der Waals surface area (Å²) in [7, 11) is 0. The zero-order valence-electron chi connectivity index (χ0n) is 9.85. The zero-order chi connectivity index (χ0) is 12.6. The van der Waals surface area contributed by atoms with Gasteiger partial charge in [0.1, 0.15) is 5.56 Å². The second-order valence-corrected chi connectivity index (χ2v) is 5.61. The highest BCUT2D eigenvalue weighted by molar-refractivity contribution is 7.15. The van der Waals surface area contributed by atoms with Gasteiger partial charge in [-0.1, -0.05) is 0 Å². The minimum atomic E-state index is -0.393. The quantitative estimate of drug-likeness (QED) is 0.830. The molecule has 0 aliphatic rings. The summed E-state index contributed by atoms with van der Waals surface area (Å²) in [5, 5.41) is 4.50. The third-order valence-corrected chi connectivity index (χ3v) is 2.85. The van der Waals surface area contributed by atoms with Crippen LogP contribution in [0.2, 0.25) is 0 Å². The summed E-state index contributed by atoms with van der Waals surface area (Å²) in [5.74, 6) is -0.393. The number of carbonyl (C=O) groups excluding carboxylic acids is 1. The van der Waals surface area contributed by atoms with E-state index < -0.39 is 5.91 Å². The molecule has 0 fully saturated rings. The monoisotopic (exact) mass is 251 g/mol. The van der Waals surface area contributed by atoms with Crippen LogP contribution < -0.4 is 10.9 Å². The third kappa shape index (κ3) is 2.36. The van der Waals surface area contributed by atoms with Crippen LogP contribution in [0.5, 0.6) is 0 Å².